The predicted octanol–water partition coefficient (Wildman–Crippen LogP) is 2.49. The molecule has 0 aliphatic rings. The third-order valence-corrected chi connectivity index (χ3v) is 5.27. The first-order chi connectivity index (χ1) is 11.9. The molecule has 1 amide bonds. The maximum Gasteiger partial charge on any atom is 0.262 e. The highest BCUT2D eigenvalue weighted by Crippen LogP contribution is 2.29. The minimum Gasteiger partial charge on any atom is -0.383 e. The number of fused-ring (bicyclic) bond motifs is 1. The second kappa shape index (κ2) is 6.78. The Morgan fingerprint density at radius 1 is 1.36 bits per heavy atom. The van der Waals surface area contributed by atoms with E-state index in [9.17, 15) is 9.59 Å². The van der Waals surface area contributed by atoms with Crippen LogP contribution in [0.3, 0.4) is 0 Å². The molecule has 0 fully saturated rings. The van der Waals surface area contributed by atoms with Gasteiger partial charge in [-0.3, -0.25) is 14.2 Å². The smallest absolute Gasteiger partial charge is 0.262 e. The van der Waals surface area contributed by atoms with Crippen LogP contribution in [0.5, 0.6) is 0 Å². The number of methoxy groups -OCH3 is 1. The van der Waals surface area contributed by atoms with Gasteiger partial charge in [0, 0.05) is 12.7 Å². The van der Waals surface area contributed by atoms with E-state index in [0.29, 0.717) is 39.6 Å². The summed E-state index contributed by atoms with van der Waals surface area (Å²) in [5.74, 6) is 0.0240. The van der Waals surface area contributed by atoms with E-state index in [1.54, 1.807) is 18.6 Å². The molecule has 0 atom stereocenters. The number of primary amides is 1. The molecule has 7 heteroatoms. The highest BCUT2D eigenvalue weighted by Gasteiger charge is 2.20. The average Bonchev–Trinajstić information content (AvgIpc) is 2.91. The van der Waals surface area contributed by atoms with E-state index < -0.39 is 5.91 Å². The number of carbonyl (C=O) groups is 1. The minimum atomic E-state index is -0.541. The average molecular weight is 357 g/mol. The van der Waals surface area contributed by atoms with Gasteiger partial charge in [0.15, 0.2) is 0 Å². The molecule has 0 bridgehead atoms. The molecular formula is C18H19N3O3S. The summed E-state index contributed by atoms with van der Waals surface area (Å²) < 4.78 is 6.74. The molecular weight excluding hydrogens is 338 g/mol. The van der Waals surface area contributed by atoms with Gasteiger partial charge in [-0.2, -0.15) is 0 Å². The lowest BCUT2D eigenvalue weighted by atomic mass is 10.1. The van der Waals surface area contributed by atoms with Crippen molar-refractivity contribution in [2.24, 2.45) is 5.73 Å². The van der Waals surface area contributed by atoms with E-state index >= 15 is 0 Å². The van der Waals surface area contributed by atoms with Gasteiger partial charge in [0.25, 0.3) is 11.5 Å². The molecule has 25 heavy (non-hydrogen) atoms. The Labute approximate surface area is 148 Å². The van der Waals surface area contributed by atoms with Gasteiger partial charge < -0.3 is 10.5 Å². The second-order valence-electron chi connectivity index (χ2n) is 5.86. The van der Waals surface area contributed by atoms with E-state index in [-0.39, 0.29) is 5.56 Å². The molecule has 0 saturated heterocycles. The van der Waals surface area contributed by atoms with Crippen LogP contribution in [0.2, 0.25) is 0 Å². The van der Waals surface area contributed by atoms with Gasteiger partial charge in [-0.05, 0) is 25.5 Å². The predicted molar refractivity (Wildman–Crippen MR) is 99.2 cm³/mol. The van der Waals surface area contributed by atoms with Crippen LogP contribution in [0.4, 0.5) is 0 Å². The monoisotopic (exact) mass is 357 g/mol. The Morgan fingerprint density at radius 2 is 2.12 bits per heavy atom. The van der Waals surface area contributed by atoms with E-state index in [2.05, 4.69) is 4.98 Å². The van der Waals surface area contributed by atoms with Crippen LogP contribution in [0.25, 0.3) is 21.6 Å². The lowest BCUT2D eigenvalue weighted by Gasteiger charge is -2.13. The van der Waals surface area contributed by atoms with Crippen molar-refractivity contribution < 1.29 is 9.53 Å². The molecule has 6 nitrogen and oxygen atoms in total. The first-order valence-corrected chi connectivity index (χ1v) is 8.65. The number of aromatic nitrogens is 2. The van der Waals surface area contributed by atoms with Gasteiger partial charge in [0.1, 0.15) is 10.7 Å². The molecule has 0 unspecified atom stereocenters. The summed E-state index contributed by atoms with van der Waals surface area (Å²) in [6, 6.07) is 7.81. The van der Waals surface area contributed by atoms with Gasteiger partial charge in [-0.15, -0.1) is 11.3 Å². The Kier molecular flexibility index (Phi) is 4.69. The summed E-state index contributed by atoms with van der Waals surface area (Å²) in [7, 11) is 1.59. The third kappa shape index (κ3) is 3.08. The number of ether oxygens (including phenoxy) is 1. The van der Waals surface area contributed by atoms with Crippen LogP contribution < -0.4 is 11.3 Å². The number of hydrogen-bond donors (Lipinski definition) is 1. The summed E-state index contributed by atoms with van der Waals surface area (Å²) in [5.41, 5.74) is 7.76. The van der Waals surface area contributed by atoms with Gasteiger partial charge >= 0.3 is 0 Å². The molecule has 0 saturated carbocycles. The van der Waals surface area contributed by atoms with Crippen molar-refractivity contribution in [3.8, 4) is 11.4 Å². The first kappa shape index (κ1) is 17.3. The van der Waals surface area contributed by atoms with Crippen LogP contribution in [-0.2, 0) is 11.3 Å². The van der Waals surface area contributed by atoms with Crippen LogP contribution in [0.1, 0.15) is 20.8 Å². The fourth-order valence-corrected chi connectivity index (χ4v) is 3.87. The zero-order chi connectivity index (χ0) is 18.1. The van der Waals surface area contributed by atoms with Gasteiger partial charge in [0.05, 0.1) is 23.4 Å². The zero-order valence-electron chi connectivity index (χ0n) is 14.3. The number of carbonyl (C=O) groups excluding carboxylic acids is 1. The highest BCUT2D eigenvalue weighted by molar-refractivity contribution is 7.20. The number of nitrogens with zero attached hydrogens (tertiary/aromatic N) is 2. The molecule has 130 valence electrons. The van der Waals surface area contributed by atoms with Crippen LogP contribution in [0.15, 0.2) is 29.1 Å². The molecule has 3 rings (SSSR count). The number of rotatable bonds is 5. The molecule has 0 radical (unpaired) electrons. The standard InChI is InChI=1S/C18H19N3O3S/c1-10-5-4-6-12(9-10)16-20-17-13(11(2)14(25-17)15(19)22)18(23)21(16)7-8-24-3/h4-6,9H,7-8H2,1-3H3,(H2,19,22). The van der Waals surface area contributed by atoms with Crippen molar-refractivity contribution in [1.29, 1.82) is 0 Å². The normalized spacial score (nSPS) is 11.2. The van der Waals surface area contributed by atoms with Crippen LogP contribution in [0, 0.1) is 13.8 Å². The summed E-state index contributed by atoms with van der Waals surface area (Å²) >= 11 is 1.16. The SMILES string of the molecule is COCCn1c(-c2cccc(C)c2)nc2sc(C(N)=O)c(C)c2c1=O. The second-order valence-corrected chi connectivity index (χ2v) is 6.85. The molecule has 2 heterocycles. The topological polar surface area (TPSA) is 87.2 Å². The fourth-order valence-electron chi connectivity index (χ4n) is 2.85. The molecule has 3 aromatic rings. The molecule has 1 aromatic carbocycles. The third-order valence-electron chi connectivity index (χ3n) is 4.07. The van der Waals surface area contributed by atoms with Crippen LogP contribution >= 0.6 is 11.3 Å². The lowest BCUT2D eigenvalue weighted by Crippen LogP contribution is -2.25. The van der Waals surface area contributed by atoms with Crippen molar-refractivity contribution in [2.75, 3.05) is 13.7 Å². The van der Waals surface area contributed by atoms with Crippen molar-refractivity contribution in [3.63, 3.8) is 0 Å². The van der Waals surface area contributed by atoms with Crippen LogP contribution in [-0.4, -0.2) is 29.2 Å². The Balaban J connectivity index is 2.35. The van der Waals surface area contributed by atoms with Crippen molar-refractivity contribution >= 4 is 27.5 Å². The van der Waals surface area contributed by atoms with E-state index in [0.717, 1.165) is 22.5 Å². The number of amides is 1. The molecule has 0 aliphatic heterocycles. The van der Waals surface area contributed by atoms with Crippen molar-refractivity contribution in [2.45, 2.75) is 20.4 Å². The van der Waals surface area contributed by atoms with Crippen molar-refractivity contribution in [3.05, 3.63) is 50.6 Å². The number of hydrogen-bond acceptors (Lipinski definition) is 5. The number of thiophene rings is 1. The first-order valence-electron chi connectivity index (χ1n) is 7.83. The number of benzene rings is 1. The highest BCUT2D eigenvalue weighted by atomic mass is 32.1. The molecule has 2 aromatic heterocycles. The molecule has 0 spiro atoms. The van der Waals surface area contributed by atoms with E-state index in [1.807, 2.05) is 31.2 Å². The Bertz CT molecular complexity index is 1020. The summed E-state index contributed by atoms with van der Waals surface area (Å²) in [4.78, 5) is 30.3. The number of aryl methyl sites for hydroxylation is 2. The van der Waals surface area contributed by atoms with Gasteiger partial charge in [0.2, 0.25) is 0 Å². The summed E-state index contributed by atoms with van der Waals surface area (Å²) in [5, 5.41) is 0.450. The van der Waals surface area contributed by atoms with E-state index in [1.165, 1.54) is 0 Å². The quantitative estimate of drug-likeness (QED) is 0.760. The fraction of sp³-hybridized carbons (Fsp3) is 0.278. The Morgan fingerprint density at radius 3 is 2.76 bits per heavy atom. The zero-order valence-corrected chi connectivity index (χ0v) is 15.1. The maximum atomic E-state index is 13.1. The van der Waals surface area contributed by atoms with Crippen molar-refractivity contribution in [1.82, 2.24) is 9.55 Å². The minimum absolute atomic E-state index is 0.181. The maximum absolute atomic E-state index is 13.1. The largest absolute Gasteiger partial charge is 0.383 e. The van der Waals surface area contributed by atoms with Gasteiger partial charge in [-0.25, -0.2) is 4.98 Å². The summed E-state index contributed by atoms with van der Waals surface area (Å²) in [6.45, 7) is 4.48. The molecule has 0 aliphatic carbocycles. The molecule has 2 N–H and O–H groups in total. The number of nitrogens with two attached hydrogens (primary N) is 1. The lowest BCUT2D eigenvalue weighted by molar-refractivity contribution is 0.100. The Hall–Kier alpha value is -2.51. The summed E-state index contributed by atoms with van der Waals surface area (Å²) in [6.07, 6.45) is 0. The van der Waals surface area contributed by atoms with E-state index in [4.69, 9.17) is 10.5 Å². The van der Waals surface area contributed by atoms with Gasteiger partial charge in [-0.1, -0.05) is 23.8 Å².